The fourth-order valence-electron chi connectivity index (χ4n) is 3.92. The van der Waals surface area contributed by atoms with E-state index in [0.717, 1.165) is 18.4 Å². The number of hydrogen-bond donors (Lipinski definition) is 5. The summed E-state index contributed by atoms with van der Waals surface area (Å²) >= 11 is 0. The van der Waals surface area contributed by atoms with Crippen LogP contribution >= 0.6 is 0 Å². The second kappa shape index (κ2) is 9.69. The van der Waals surface area contributed by atoms with Crippen LogP contribution in [0.2, 0.25) is 0 Å². The molecule has 0 aromatic heterocycles. The molecule has 2 atom stereocenters. The van der Waals surface area contributed by atoms with Gasteiger partial charge in [0.05, 0.1) is 6.10 Å². The lowest BCUT2D eigenvalue weighted by molar-refractivity contribution is 0.187. The zero-order chi connectivity index (χ0) is 20.1. The van der Waals surface area contributed by atoms with Crippen LogP contribution in [-0.2, 0) is 4.57 Å². The maximum atomic E-state index is 10.7. The van der Waals surface area contributed by atoms with Gasteiger partial charge >= 0.3 is 14.2 Å². The van der Waals surface area contributed by atoms with Crippen molar-refractivity contribution >= 4 is 25.2 Å². The molecule has 0 aliphatic heterocycles. The van der Waals surface area contributed by atoms with Crippen molar-refractivity contribution in [1.29, 1.82) is 0 Å². The van der Waals surface area contributed by atoms with Crippen LogP contribution in [0.1, 0.15) is 42.4 Å². The van der Waals surface area contributed by atoms with Gasteiger partial charge in [-0.15, -0.1) is 0 Å². The van der Waals surface area contributed by atoms with E-state index in [1.54, 1.807) is 30.3 Å². The van der Waals surface area contributed by atoms with Crippen LogP contribution in [0.15, 0.2) is 48.5 Å². The van der Waals surface area contributed by atoms with Gasteiger partial charge in [-0.2, -0.15) is 0 Å². The third-order valence-corrected chi connectivity index (χ3v) is 5.74. The summed E-state index contributed by atoms with van der Waals surface area (Å²) in [6, 6.07) is 14.3. The largest absolute Gasteiger partial charge is 0.478 e. The molecule has 28 heavy (non-hydrogen) atoms. The lowest BCUT2D eigenvalue weighted by Gasteiger charge is -2.34. The van der Waals surface area contributed by atoms with Gasteiger partial charge in [-0.1, -0.05) is 55.0 Å². The topological polar surface area (TPSA) is 122 Å². The van der Waals surface area contributed by atoms with Gasteiger partial charge < -0.3 is 31.2 Å². The number of aliphatic hydroxyl groups excluding tert-OH is 1. The lowest BCUT2D eigenvalue weighted by atomic mass is 9.64. The van der Waals surface area contributed by atoms with Crippen LogP contribution in [0.3, 0.4) is 0 Å². The second-order valence-corrected chi connectivity index (χ2v) is 7.38. The molecular weight excluding hydrogens is 354 g/mol. The molecule has 3 rings (SSSR count). The van der Waals surface area contributed by atoms with Crippen molar-refractivity contribution in [2.75, 3.05) is 13.1 Å². The quantitative estimate of drug-likeness (QED) is 0.377. The highest BCUT2D eigenvalue weighted by Gasteiger charge is 2.34. The molecule has 0 amide bonds. The summed E-state index contributed by atoms with van der Waals surface area (Å²) in [7, 11) is -2.72. The van der Waals surface area contributed by atoms with Crippen LogP contribution in [-0.4, -0.2) is 42.5 Å². The van der Waals surface area contributed by atoms with Gasteiger partial charge in [-0.3, -0.25) is 0 Å². The van der Waals surface area contributed by atoms with E-state index in [1.807, 2.05) is 18.2 Å². The van der Waals surface area contributed by atoms with Crippen molar-refractivity contribution in [2.24, 2.45) is 17.4 Å². The number of rotatable bonds is 9. The Labute approximate surface area is 166 Å². The Balaban J connectivity index is 1.81. The normalized spacial score (nSPS) is 16.3. The van der Waals surface area contributed by atoms with Crippen LogP contribution in [0.25, 0.3) is 0 Å². The van der Waals surface area contributed by atoms with Crippen molar-refractivity contribution in [2.45, 2.75) is 31.3 Å². The van der Waals surface area contributed by atoms with Gasteiger partial charge in [0.1, 0.15) is 0 Å². The SMILES string of the molecule is NCC(O)c1ccccc1B(O)OB(O)c1ccccc1C(CN)C1CCC1. The maximum absolute atomic E-state index is 10.7. The smallest absolute Gasteiger partial charge is 0.443 e. The third-order valence-electron chi connectivity index (χ3n) is 5.74. The second-order valence-electron chi connectivity index (χ2n) is 7.38. The van der Waals surface area contributed by atoms with Crippen LogP contribution in [0.4, 0.5) is 0 Å². The van der Waals surface area contributed by atoms with Crippen LogP contribution in [0, 0.1) is 5.92 Å². The van der Waals surface area contributed by atoms with E-state index in [9.17, 15) is 15.2 Å². The molecule has 1 fully saturated rings. The summed E-state index contributed by atoms with van der Waals surface area (Å²) in [6.45, 7) is 0.525. The highest BCUT2D eigenvalue weighted by Crippen LogP contribution is 2.38. The molecule has 7 N–H and O–H groups in total. The monoisotopic (exact) mass is 382 g/mol. The lowest BCUT2D eigenvalue weighted by Crippen LogP contribution is -2.48. The first kappa shape index (κ1) is 21.0. The predicted octanol–water partition coefficient (Wildman–Crippen LogP) is -0.387. The Bertz CT molecular complexity index is 775. The van der Waals surface area contributed by atoms with Crippen LogP contribution in [0.5, 0.6) is 0 Å². The summed E-state index contributed by atoms with van der Waals surface area (Å²) in [4.78, 5) is 0. The molecule has 8 heteroatoms. The molecule has 1 aliphatic rings. The molecule has 1 saturated carbocycles. The average molecular weight is 382 g/mol. The first-order valence-corrected chi connectivity index (χ1v) is 9.84. The number of benzene rings is 2. The van der Waals surface area contributed by atoms with Gasteiger partial charge in [0, 0.05) is 6.54 Å². The van der Waals surface area contributed by atoms with Crippen molar-refractivity contribution in [1.82, 2.24) is 0 Å². The van der Waals surface area contributed by atoms with Gasteiger partial charge in [0.2, 0.25) is 0 Å². The molecule has 2 unspecified atom stereocenters. The van der Waals surface area contributed by atoms with Crippen molar-refractivity contribution in [3.63, 3.8) is 0 Å². The fraction of sp³-hybridized carbons (Fsp3) is 0.400. The molecular formula is C20H28B2N2O4. The Kier molecular flexibility index (Phi) is 7.29. The zero-order valence-corrected chi connectivity index (χ0v) is 15.9. The van der Waals surface area contributed by atoms with Crippen molar-refractivity contribution < 1.29 is 19.7 Å². The number of hydrogen-bond acceptors (Lipinski definition) is 6. The summed E-state index contributed by atoms with van der Waals surface area (Å²) in [6.07, 6.45) is 2.57. The molecule has 0 spiro atoms. The highest BCUT2D eigenvalue weighted by atomic mass is 16.5. The first-order valence-electron chi connectivity index (χ1n) is 9.84. The summed E-state index contributed by atoms with van der Waals surface area (Å²) in [5.41, 5.74) is 14.0. The maximum Gasteiger partial charge on any atom is 0.478 e. The Morgan fingerprint density at radius 1 is 0.893 bits per heavy atom. The molecule has 0 bridgehead atoms. The van der Waals surface area contributed by atoms with E-state index in [1.165, 1.54) is 6.42 Å². The van der Waals surface area contributed by atoms with Gasteiger partial charge in [0.15, 0.2) is 0 Å². The minimum absolute atomic E-state index is 0.0225. The van der Waals surface area contributed by atoms with Crippen molar-refractivity contribution in [3.8, 4) is 0 Å². The summed E-state index contributed by atoms with van der Waals surface area (Å²) < 4.78 is 5.54. The first-order chi connectivity index (χ1) is 13.6. The minimum atomic E-state index is -1.40. The summed E-state index contributed by atoms with van der Waals surface area (Å²) in [5, 5.41) is 31.4. The van der Waals surface area contributed by atoms with Gasteiger partial charge in [-0.05, 0) is 53.3 Å². The Hall–Kier alpha value is -1.67. The fourth-order valence-corrected chi connectivity index (χ4v) is 3.92. The molecule has 2 aromatic carbocycles. The van der Waals surface area contributed by atoms with E-state index in [4.69, 9.17) is 16.0 Å². The van der Waals surface area contributed by atoms with Crippen molar-refractivity contribution in [3.05, 3.63) is 59.7 Å². The van der Waals surface area contributed by atoms with Gasteiger partial charge in [-0.25, -0.2) is 0 Å². The van der Waals surface area contributed by atoms with E-state index in [2.05, 4.69) is 0 Å². The Morgan fingerprint density at radius 2 is 1.43 bits per heavy atom. The molecule has 1 aliphatic carbocycles. The molecule has 0 heterocycles. The molecule has 0 saturated heterocycles. The predicted molar refractivity (Wildman–Crippen MR) is 112 cm³/mol. The van der Waals surface area contributed by atoms with E-state index < -0.39 is 20.3 Å². The minimum Gasteiger partial charge on any atom is -0.443 e. The zero-order valence-electron chi connectivity index (χ0n) is 15.9. The van der Waals surface area contributed by atoms with E-state index >= 15 is 0 Å². The van der Waals surface area contributed by atoms with E-state index in [0.29, 0.717) is 29.0 Å². The third kappa shape index (κ3) is 4.49. The molecule has 6 nitrogen and oxygen atoms in total. The van der Waals surface area contributed by atoms with E-state index in [-0.39, 0.29) is 12.5 Å². The molecule has 2 aromatic rings. The number of nitrogens with two attached hydrogens (primary N) is 2. The highest BCUT2D eigenvalue weighted by molar-refractivity contribution is 6.73. The number of aliphatic hydroxyl groups is 1. The van der Waals surface area contributed by atoms with Gasteiger partial charge in [0.25, 0.3) is 0 Å². The summed E-state index contributed by atoms with van der Waals surface area (Å²) in [5.74, 6) is 0.676. The standard InChI is InChI=1S/C20H28B2N2O4/c23-12-17(14-6-5-7-14)15-8-1-3-10-18(15)21(26)28-22(27)19-11-4-2-9-16(19)20(25)13-24/h1-4,8-11,14,17,20,25-27H,5-7,12-13,23-24H2. The average Bonchev–Trinajstić information content (AvgIpc) is 2.69. The molecule has 148 valence electrons. The van der Waals surface area contributed by atoms with Crippen LogP contribution < -0.4 is 22.4 Å². The molecule has 0 radical (unpaired) electrons. The Morgan fingerprint density at radius 3 is 1.93 bits per heavy atom.